The Balaban J connectivity index is 2.37. The van der Waals surface area contributed by atoms with E-state index in [1.165, 1.54) is 0 Å². The maximum absolute atomic E-state index is 12.3. The molecule has 0 aliphatic rings. The molecule has 1 unspecified atom stereocenters. The third kappa shape index (κ3) is 4.77. The molecule has 0 bridgehead atoms. The summed E-state index contributed by atoms with van der Waals surface area (Å²) in [7, 11) is 0. The maximum atomic E-state index is 12.3. The number of aromatic nitrogens is 2. The van der Waals surface area contributed by atoms with E-state index in [9.17, 15) is 4.79 Å². The van der Waals surface area contributed by atoms with E-state index in [1.54, 1.807) is 6.07 Å². The van der Waals surface area contributed by atoms with Crippen molar-refractivity contribution in [1.29, 1.82) is 0 Å². The Kier molecular flexibility index (Phi) is 6.09. The third-order valence-corrected chi connectivity index (χ3v) is 3.53. The summed E-state index contributed by atoms with van der Waals surface area (Å²) in [4.78, 5) is 21.2. The normalized spacial score (nSPS) is 11.8. The van der Waals surface area contributed by atoms with E-state index < -0.39 is 0 Å². The SMILES string of the molecule is CCCNC(=O)c1cc(NC(C)CC)nc(-c2ccccc2)n1. The molecule has 0 saturated carbocycles. The quantitative estimate of drug-likeness (QED) is 0.821. The molecule has 1 heterocycles. The first kappa shape index (κ1) is 16.9. The van der Waals surface area contributed by atoms with Gasteiger partial charge >= 0.3 is 0 Å². The first-order valence-corrected chi connectivity index (χ1v) is 8.13. The number of hydrogen-bond donors (Lipinski definition) is 2. The highest BCUT2D eigenvalue weighted by Gasteiger charge is 2.13. The van der Waals surface area contributed by atoms with Gasteiger partial charge in [0.1, 0.15) is 11.5 Å². The van der Waals surface area contributed by atoms with Crippen LogP contribution in [0.15, 0.2) is 36.4 Å². The Morgan fingerprint density at radius 2 is 1.91 bits per heavy atom. The average Bonchev–Trinajstić information content (AvgIpc) is 2.60. The Hall–Kier alpha value is -2.43. The molecule has 1 aromatic carbocycles. The fraction of sp³-hybridized carbons (Fsp3) is 0.389. The molecule has 2 N–H and O–H groups in total. The molecule has 5 nitrogen and oxygen atoms in total. The minimum absolute atomic E-state index is 0.168. The minimum Gasteiger partial charge on any atom is -0.367 e. The van der Waals surface area contributed by atoms with Gasteiger partial charge in [0.25, 0.3) is 5.91 Å². The number of anilines is 1. The van der Waals surface area contributed by atoms with Crippen molar-refractivity contribution < 1.29 is 4.79 Å². The molecule has 1 amide bonds. The summed E-state index contributed by atoms with van der Waals surface area (Å²) < 4.78 is 0. The molecular weight excluding hydrogens is 288 g/mol. The van der Waals surface area contributed by atoms with Crippen molar-refractivity contribution in [3.63, 3.8) is 0 Å². The summed E-state index contributed by atoms with van der Waals surface area (Å²) >= 11 is 0. The van der Waals surface area contributed by atoms with Crippen molar-refractivity contribution in [2.75, 3.05) is 11.9 Å². The van der Waals surface area contributed by atoms with E-state index in [4.69, 9.17) is 0 Å². The zero-order chi connectivity index (χ0) is 16.7. The molecule has 0 aliphatic heterocycles. The van der Waals surface area contributed by atoms with Gasteiger partial charge in [-0.2, -0.15) is 0 Å². The summed E-state index contributed by atoms with van der Waals surface area (Å²) in [6.45, 7) is 6.84. The van der Waals surface area contributed by atoms with Crippen molar-refractivity contribution >= 4 is 11.7 Å². The van der Waals surface area contributed by atoms with Gasteiger partial charge < -0.3 is 10.6 Å². The third-order valence-electron chi connectivity index (χ3n) is 3.53. The van der Waals surface area contributed by atoms with Crippen molar-refractivity contribution in [1.82, 2.24) is 15.3 Å². The Labute approximate surface area is 137 Å². The van der Waals surface area contributed by atoms with Crippen LogP contribution in [0.2, 0.25) is 0 Å². The van der Waals surface area contributed by atoms with E-state index in [1.807, 2.05) is 37.3 Å². The lowest BCUT2D eigenvalue weighted by Gasteiger charge is -2.14. The lowest BCUT2D eigenvalue weighted by atomic mass is 10.2. The molecule has 1 aromatic heterocycles. The molecule has 122 valence electrons. The average molecular weight is 312 g/mol. The second-order valence-electron chi connectivity index (χ2n) is 5.54. The summed E-state index contributed by atoms with van der Waals surface area (Å²) in [5.74, 6) is 1.06. The summed E-state index contributed by atoms with van der Waals surface area (Å²) in [6, 6.07) is 11.7. The molecule has 0 radical (unpaired) electrons. The number of nitrogens with one attached hydrogen (secondary N) is 2. The van der Waals surface area contributed by atoms with Crippen LogP contribution in [0.5, 0.6) is 0 Å². The van der Waals surface area contributed by atoms with Gasteiger partial charge in [-0.15, -0.1) is 0 Å². The second-order valence-corrected chi connectivity index (χ2v) is 5.54. The lowest BCUT2D eigenvalue weighted by Crippen LogP contribution is -2.26. The highest BCUT2D eigenvalue weighted by molar-refractivity contribution is 5.93. The molecule has 0 spiro atoms. The van der Waals surface area contributed by atoms with Crippen LogP contribution in [0, 0.1) is 0 Å². The number of amides is 1. The summed E-state index contributed by atoms with van der Waals surface area (Å²) in [5, 5.41) is 6.19. The monoisotopic (exact) mass is 312 g/mol. The standard InChI is InChI=1S/C18H24N4O/c1-4-11-19-18(23)15-12-16(20-13(3)5-2)22-17(21-15)14-9-7-6-8-10-14/h6-10,12-13H,4-5,11H2,1-3H3,(H,19,23)(H,20,21,22). The molecule has 0 aliphatic carbocycles. The van der Waals surface area contributed by atoms with Gasteiger partial charge in [0, 0.05) is 24.2 Å². The topological polar surface area (TPSA) is 66.9 Å². The predicted octanol–water partition coefficient (Wildman–Crippen LogP) is 3.49. The van der Waals surface area contributed by atoms with Crippen LogP contribution < -0.4 is 10.6 Å². The highest BCUT2D eigenvalue weighted by atomic mass is 16.1. The number of benzene rings is 1. The number of carbonyl (C=O) groups is 1. The summed E-state index contributed by atoms with van der Waals surface area (Å²) in [5.41, 5.74) is 1.28. The Bertz CT molecular complexity index is 643. The summed E-state index contributed by atoms with van der Waals surface area (Å²) in [6.07, 6.45) is 1.86. The van der Waals surface area contributed by atoms with E-state index in [-0.39, 0.29) is 11.9 Å². The number of hydrogen-bond acceptors (Lipinski definition) is 4. The van der Waals surface area contributed by atoms with Crippen molar-refractivity contribution in [3.8, 4) is 11.4 Å². The van der Waals surface area contributed by atoms with Gasteiger partial charge in [0.2, 0.25) is 0 Å². The van der Waals surface area contributed by atoms with Crippen LogP contribution >= 0.6 is 0 Å². The number of nitrogens with zero attached hydrogens (tertiary/aromatic N) is 2. The molecule has 2 rings (SSSR count). The maximum Gasteiger partial charge on any atom is 0.270 e. The zero-order valence-corrected chi connectivity index (χ0v) is 14.0. The fourth-order valence-corrected chi connectivity index (χ4v) is 2.04. The van der Waals surface area contributed by atoms with Gasteiger partial charge in [-0.1, -0.05) is 44.2 Å². The molecular formula is C18H24N4O. The molecule has 2 aromatic rings. The Morgan fingerprint density at radius 1 is 1.17 bits per heavy atom. The second kappa shape index (κ2) is 8.27. The lowest BCUT2D eigenvalue weighted by molar-refractivity contribution is 0.0948. The van der Waals surface area contributed by atoms with E-state index in [0.717, 1.165) is 18.4 Å². The molecule has 0 fully saturated rings. The van der Waals surface area contributed by atoms with Crippen molar-refractivity contribution in [2.45, 2.75) is 39.7 Å². The van der Waals surface area contributed by atoms with Crippen molar-refractivity contribution in [2.24, 2.45) is 0 Å². The van der Waals surface area contributed by atoms with Gasteiger partial charge in [-0.25, -0.2) is 9.97 Å². The highest BCUT2D eigenvalue weighted by Crippen LogP contribution is 2.18. The molecule has 5 heteroatoms. The number of carbonyl (C=O) groups excluding carboxylic acids is 1. The first-order valence-electron chi connectivity index (χ1n) is 8.13. The van der Waals surface area contributed by atoms with Crippen LogP contribution in [-0.2, 0) is 0 Å². The Morgan fingerprint density at radius 3 is 2.57 bits per heavy atom. The molecule has 0 saturated heterocycles. The van der Waals surface area contributed by atoms with Gasteiger partial charge in [-0.05, 0) is 19.8 Å². The molecule has 1 atom stereocenters. The van der Waals surface area contributed by atoms with Crippen LogP contribution in [0.4, 0.5) is 5.82 Å². The smallest absolute Gasteiger partial charge is 0.270 e. The fourth-order valence-electron chi connectivity index (χ4n) is 2.04. The van der Waals surface area contributed by atoms with E-state index >= 15 is 0 Å². The number of rotatable bonds is 7. The van der Waals surface area contributed by atoms with Gasteiger partial charge in [-0.3, -0.25) is 4.79 Å². The van der Waals surface area contributed by atoms with Crippen LogP contribution in [0.1, 0.15) is 44.1 Å². The van der Waals surface area contributed by atoms with Crippen molar-refractivity contribution in [3.05, 3.63) is 42.1 Å². The van der Waals surface area contributed by atoms with E-state index in [2.05, 4.69) is 34.4 Å². The van der Waals surface area contributed by atoms with Gasteiger partial charge in [0.15, 0.2) is 5.82 Å². The predicted molar refractivity (Wildman–Crippen MR) is 93.5 cm³/mol. The zero-order valence-electron chi connectivity index (χ0n) is 14.0. The van der Waals surface area contributed by atoms with E-state index in [0.29, 0.717) is 23.9 Å². The van der Waals surface area contributed by atoms with Crippen LogP contribution in [0.25, 0.3) is 11.4 Å². The largest absolute Gasteiger partial charge is 0.367 e. The van der Waals surface area contributed by atoms with Crippen LogP contribution in [0.3, 0.4) is 0 Å². The van der Waals surface area contributed by atoms with Gasteiger partial charge in [0.05, 0.1) is 0 Å². The van der Waals surface area contributed by atoms with Crippen LogP contribution in [-0.4, -0.2) is 28.5 Å². The first-order chi connectivity index (χ1) is 11.1. The molecule has 23 heavy (non-hydrogen) atoms. The minimum atomic E-state index is -0.168.